The van der Waals surface area contributed by atoms with E-state index in [-0.39, 0.29) is 0 Å². The highest BCUT2D eigenvalue weighted by Crippen LogP contribution is 2.09. The summed E-state index contributed by atoms with van der Waals surface area (Å²) in [5, 5.41) is 3.64. The molecule has 0 aliphatic carbocycles. The Morgan fingerprint density at radius 3 is 2.04 bits per heavy atom. The van der Waals surface area contributed by atoms with E-state index in [0.717, 1.165) is 26.2 Å². The predicted molar refractivity (Wildman–Crippen MR) is 105 cm³/mol. The third-order valence-corrected chi connectivity index (χ3v) is 5.51. The largest absolute Gasteiger partial charge is 0.326 e. The molecule has 4 rings (SSSR count). The Morgan fingerprint density at radius 2 is 1.36 bits per heavy atom. The molecule has 3 N–H and O–H groups in total. The smallest absolute Gasteiger partial charge is 0.0234 e. The lowest BCUT2D eigenvalue weighted by Crippen LogP contribution is -2.47. The summed E-state index contributed by atoms with van der Waals surface area (Å²) in [6, 6.07) is 8.80. The van der Waals surface area contributed by atoms with Gasteiger partial charge in [-0.15, -0.1) is 0 Å². The van der Waals surface area contributed by atoms with Gasteiger partial charge >= 0.3 is 0 Å². The molecule has 0 unspecified atom stereocenters. The van der Waals surface area contributed by atoms with E-state index in [9.17, 15) is 0 Å². The van der Waals surface area contributed by atoms with E-state index in [1.165, 1.54) is 69.8 Å². The zero-order valence-corrected chi connectivity index (χ0v) is 15.6. The van der Waals surface area contributed by atoms with Crippen LogP contribution in [0.15, 0.2) is 24.3 Å². The minimum atomic E-state index is 0.626. The Hall–Kier alpha value is -0.980. The van der Waals surface area contributed by atoms with Crippen LogP contribution in [-0.4, -0.2) is 80.1 Å². The standard InChI is InChI=1S/C20H35N5/c21-17-19-3-5-20(6-4-19)18-25-11-2-10-24-15-13-23(14-16-24)9-1-7-22-8-12-25/h3-6,22H,1-2,7-18,21H2. The van der Waals surface area contributed by atoms with Crippen LogP contribution in [0, 0.1) is 0 Å². The van der Waals surface area contributed by atoms with Crippen LogP contribution < -0.4 is 11.1 Å². The summed E-state index contributed by atoms with van der Waals surface area (Å²) in [4.78, 5) is 7.88. The highest BCUT2D eigenvalue weighted by atomic mass is 15.3. The maximum absolute atomic E-state index is 5.71. The molecule has 1 aromatic rings. The summed E-state index contributed by atoms with van der Waals surface area (Å²) in [5.74, 6) is 0. The van der Waals surface area contributed by atoms with E-state index in [1.807, 2.05) is 0 Å². The van der Waals surface area contributed by atoms with Gasteiger partial charge in [0.1, 0.15) is 0 Å². The van der Waals surface area contributed by atoms with Crippen LogP contribution in [0.1, 0.15) is 24.0 Å². The van der Waals surface area contributed by atoms with Gasteiger partial charge in [-0.1, -0.05) is 24.3 Å². The Kier molecular flexibility index (Phi) is 7.70. The van der Waals surface area contributed by atoms with Crippen molar-refractivity contribution in [1.29, 1.82) is 0 Å². The van der Waals surface area contributed by atoms with E-state index >= 15 is 0 Å². The molecule has 0 atom stereocenters. The highest BCUT2D eigenvalue weighted by Gasteiger charge is 2.17. The van der Waals surface area contributed by atoms with Gasteiger partial charge in [-0.3, -0.25) is 4.90 Å². The fourth-order valence-electron chi connectivity index (χ4n) is 3.85. The van der Waals surface area contributed by atoms with Gasteiger partial charge in [0.25, 0.3) is 0 Å². The Bertz CT molecular complexity index is 479. The number of nitrogens with zero attached hydrogens (tertiary/aromatic N) is 3. The molecule has 3 aliphatic rings. The van der Waals surface area contributed by atoms with Crippen LogP contribution in [0.5, 0.6) is 0 Å². The topological polar surface area (TPSA) is 47.8 Å². The molecule has 0 amide bonds. The van der Waals surface area contributed by atoms with Crippen LogP contribution in [0.25, 0.3) is 0 Å². The fourth-order valence-corrected chi connectivity index (χ4v) is 3.85. The summed E-state index contributed by atoms with van der Waals surface area (Å²) in [5.41, 5.74) is 8.32. The van der Waals surface area contributed by atoms with Gasteiger partial charge in [0.05, 0.1) is 0 Å². The lowest BCUT2D eigenvalue weighted by Gasteiger charge is -2.35. The summed E-state index contributed by atoms with van der Waals surface area (Å²) in [6.45, 7) is 13.7. The molecule has 2 bridgehead atoms. The van der Waals surface area contributed by atoms with Gasteiger partial charge < -0.3 is 20.9 Å². The van der Waals surface area contributed by atoms with Crippen molar-refractivity contribution in [3.63, 3.8) is 0 Å². The summed E-state index contributed by atoms with van der Waals surface area (Å²) < 4.78 is 0. The second kappa shape index (κ2) is 10.2. The van der Waals surface area contributed by atoms with Crippen molar-refractivity contribution >= 4 is 0 Å². The van der Waals surface area contributed by atoms with Crippen molar-refractivity contribution < 1.29 is 0 Å². The first-order chi connectivity index (χ1) is 12.3. The van der Waals surface area contributed by atoms with Crippen molar-refractivity contribution in [1.82, 2.24) is 20.0 Å². The van der Waals surface area contributed by atoms with Crippen LogP contribution in [0.3, 0.4) is 0 Å². The van der Waals surface area contributed by atoms with E-state index in [4.69, 9.17) is 5.73 Å². The molecule has 3 fully saturated rings. The maximum atomic E-state index is 5.71. The quantitative estimate of drug-likeness (QED) is 0.854. The van der Waals surface area contributed by atoms with Crippen molar-refractivity contribution in [3.05, 3.63) is 35.4 Å². The summed E-state index contributed by atoms with van der Waals surface area (Å²) >= 11 is 0. The minimum Gasteiger partial charge on any atom is -0.326 e. The van der Waals surface area contributed by atoms with Gasteiger partial charge in [-0.2, -0.15) is 0 Å². The first-order valence-corrected chi connectivity index (χ1v) is 9.99. The molecule has 0 spiro atoms. The lowest BCUT2D eigenvalue weighted by molar-refractivity contribution is 0.123. The van der Waals surface area contributed by atoms with Gasteiger partial charge in [-0.25, -0.2) is 0 Å². The predicted octanol–water partition coefficient (Wildman–Crippen LogP) is 0.948. The average Bonchev–Trinajstić information content (AvgIpc) is 2.66. The van der Waals surface area contributed by atoms with E-state index in [2.05, 4.69) is 44.3 Å². The number of nitrogens with one attached hydrogen (secondary N) is 1. The normalized spacial score (nSPS) is 27.1. The second-order valence-corrected chi connectivity index (χ2v) is 7.44. The number of hydrogen-bond acceptors (Lipinski definition) is 5. The molecule has 0 radical (unpaired) electrons. The van der Waals surface area contributed by atoms with Crippen LogP contribution >= 0.6 is 0 Å². The van der Waals surface area contributed by atoms with E-state index in [1.54, 1.807) is 0 Å². The highest BCUT2D eigenvalue weighted by molar-refractivity contribution is 5.22. The summed E-state index contributed by atoms with van der Waals surface area (Å²) in [7, 11) is 0. The number of fused-ring (bicyclic) bond motifs is 11. The average molecular weight is 346 g/mol. The van der Waals surface area contributed by atoms with Gasteiger partial charge in [0.2, 0.25) is 0 Å². The van der Waals surface area contributed by atoms with Gasteiger partial charge in [0, 0.05) is 52.4 Å². The second-order valence-electron chi connectivity index (χ2n) is 7.44. The number of piperazine rings is 1. The van der Waals surface area contributed by atoms with Crippen molar-refractivity contribution in [2.75, 3.05) is 65.4 Å². The Morgan fingerprint density at radius 1 is 0.720 bits per heavy atom. The molecular formula is C20H35N5. The Labute approximate surface area is 153 Å². The molecule has 140 valence electrons. The molecule has 3 aliphatic heterocycles. The zero-order valence-electron chi connectivity index (χ0n) is 15.6. The van der Waals surface area contributed by atoms with Crippen molar-refractivity contribution in [3.8, 4) is 0 Å². The monoisotopic (exact) mass is 345 g/mol. The van der Waals surface area contributed by atoms with E-state index < -0.39 is 0 Å². The molecular weight excluding hydrogens is 310 g/mol. The van der Waals surface area contributed by atoms with Gasteiger partial charge in [0.15, 0.2) is 0 Å². The lowest BCUT2D eigenvalue weighted by atomic mass is 10.1. The summed E-state index contributed by atoms with van der Waals surface area (Å²) in [6.07, 6.45) is 2.53. The number of nitrogens with two attached hydrogens (primary N) is 1. The first kappa shape index (κ1) is 18.8. The maximum Gasteiger partial charge on any atom is 0.0234 e. The molecule has 5 heteroatoms. The molecule has 3 heterocycles. The Balaban J connectivity index is 1.53. The number of benzene rings is 1. The molecule has 1 aromatic carbocycles. The minimum absolute atomic E-state index is 0.626. The molecule has 25 heavy (non-hydrogen) atoms. The number of rotatable bonds is 3. The third-order valence-electron chi connectivity index (χ3n) is 5.51. The zero-order chi connectivity index (χ0) is 17.3. The first-order valence-electron chi connectivity index (χ1n) is 9.99. The molecule has 3 saturated heterocycles. The molecule has 5 nitrogen and oxygen atoms in total. The molecule has 0 aromatic heterocycles. The third kappa shape index (κ3) is 6.35. The van der Waals surface area contributed by atoms with Crippen LogP contribution in [-0.2, 0) is 13.1 Å². The van der Waals surface area contributed by atoms with Crippen molar-refractivity contribution in [2.24, 2.45) is 5.73 Å². The van der Waals surface area contributed by atoms with Gasteiger partial charge in [-0.05, 0) is 50.1 Å². The van der Waals surface area contributed by atoms with Crippen molar-refractivity contribution in [2.45, 2.75) is 25.9 Å². The molecule has 0 saturated carbocycles. The SMILES string of the molecule is NCc1ccc(CN2CCCN3CCN(CCCNCC2)CC3)cc1. The van der Waals surface area contributed by atoms with Crippen LogP contribution in [0.4, 0.5) is 0 Å². The fraction of sp³-hybridized carbons (Fsp3) is 0.700. The van der Waals surface area contributed by atoms with E-state index in [0.29, 0.717) is 6.54 Å². The number of hydrogen-bond donors (Lipinski definition) is 2. The van der Waals surface area contributed by atoms with Crippen LogP contribution in [0.2, 0.25) is 0 Å².